The van der Waals surface area contributed by atoms with E-state index in [1.165, 1.54) is 6.07 Å². The van der Waals surface area contributed by atoms with E-state index in [1.54, 1.807) is 19.1 Å². The average Bonchev–Trinajstić information content (AvgIpc) is 2.37. The molecule has 0 aliphatic carbocycles. The number of benzene rings is 2. The molecule has 0 fully saturated rings. The molecule has 4 nitrogen and oxygen atoms in total. The van der Waals surface area contributed by atoms with Gasteiger partial charge in [-0.2, -0.15) is 0 Å². The van der Waals surface area contributed by atoms with Crippen molar-refractivity contribution in [1.82, 2.24) is 0 Å². The maximum atomic E-state index is 12.4. The van der Waals surface area contributed by atoms with Crippen LogP contribution in [0.15, 0.2) is 41.3 Å². The topological polar surface area (TPSA) is 72.2 Å². The van der Waals surface area contributed by atoms with Gasteiger partial charge in [-0.05, 0) is 55.7 Å². The number of nitrogens with two attached hydrogens (primary N) is 1. The van der Waals surface area contributed by atoms with Crippen LogP contribution in [-0.4, -0.2) is 8.42 Å². The van der Waals surface area contributed by atoms with E-state index in [-0.39, 0.29) is 4.90 Å². The predicted molar refractivity (Wildman–Crippen MR) is 82.3 cm³/mol. The molecule has 0 saturated carbocycles. The molecule has 0 aliphatic heterocycles. The Morgan fingerprint density at radius 1 is 0.950 bits per heavy atom. The summed E-state index contributed by atoms with van der Waals surface area (Å²) in [5.74, 6) is 0. The molecule has 3 N–H and O–H groups in total. The highest BCUT2D eigenvalue weighted by Crippen LogP contribution is 2.24. The average molecular weight is 290 g/mol. The van der Waals surface area contributed by atoms with Crippen LogP contribution >= 0.6 is 0 Å². The van der Waals surface area contributed by atoms with Gasteiger partial charge >= 0.3 is 0 Å². The summed E-state index contributed by atoms with van der Waals surface area (Å²) in [6.07, 6.45) is 0. The minimum absolute atomic E-state index is 0.215. The lowest BCUT2D eigenvalue weighted by molar-refractivity contribution is 0.601. The number of nitrogen functional groups attached to an aromatic ring is 1. The Kier molecular flexibility index (Phi) is 3.72. The number of nitrogens with one attached hydrogen (secondary N) is 1. The number of para-hydroxylation sites is 1. The van der Waals surface area contributed by atoms with Crippen molar-refractivity contribution in [2.24, 2.45) is 0 Å². The van der Waals surface area contributed by atoms with E-state index in [4.69, 9.17) is 5.73 Å². The maximum Gasteiger partial charge on any atom is 0.261 e. The van der Waals surface area contributed by atoms with E-state index in [9.17, 15) is 8.42 Å². The van der Waals surface area contributed by atoms with Gasteiger partial charge in [0.1, 0.15) is 0 Å². The van der Waals surface area contributed by atoms with Crippen molar-refractivity contribution in [3.63, 3.8) is 0 Å². The van der Waals surface area contributed by atoms with Crippen LogP contribution in [0.4, 0.5) is 11.4 Å². The van der Waals surface area contributed by atoms with Gasteiger partial charge < -0.3 is 5.73 Å². The van der Waals surface area contributed by atoms with E-state index in [2.05, 4.69) is 4.72 Å². The van der Waals surface area contributed by atoms with Crippen molar-refractivity contribution in [1.29, 1.82) is 0 Å². The van der Waals surface area contributed by atoms with Crippen LogP contribution in [0, 0.1) is 20.8 Å². The van der Waals surface area contributed by atoms with Crippen molar-refractivity contribution in [3.8, 4) is 0 Å². The summed E-state index contributed by atoms with van der Waals surface area (Å²) in [7, 11) is -3.60. The van der Waals surface area contributed by atoms with Crippen molar-refractivity contribution in [3.05, 3.63) is 53.1 Å². The van der Waals surface area contributed by atoms with Crippen LogP contribution in [0.1, 0.15) is 16.7 Å². The van der Waals surface area contributed by atoms with E-state index in [0.29, 0.717) is 11.4 Å². The standard InChI is InChI=1S/C15H18N2O2S/c1-10-5-4-6-11(2)15(10)17-20(18,19)13-7-8-14(16)12(3)9-13/h4-9,17H,16H2,1-3H3. The predicted octanol–water partition coefficient (Wildman–Crippen LogP) is 2.99. The first-order valence-corrected chi connectivity index (χ1v) is 7.75. The lowest BCUT2D eigenvalue weighted by atomic mass is 10.1. The zero-order valence-corrected chi connectivity index (χ0v) is 12.6. The van der Waals surface area contributed by atoms with Gasteiger partial charge in [0.15, 0.2) is 0 Å². The normalized spacial score (nSPS) is 11.3. The molecular weight excluding hydrogens is 272 g/mol. The molecule has 2 aromatic rings. The zero-order valence-electron chi connectivity index (χ0n) is 11.8. The Morgan fingerprint density at radius 3 is 2.10 bits per heavy atom. The summed E-state index contributed by atoms with van der Waals surface area (Å²) in [5, 5.41) is 0. The molecule has 0 spiro atoms. The van der Waals surface area contributed by atoms with Gasteiger partial charge in [0.25, 0.3) is 10.0 Å². The van der Waals surface area contributed by atoms with Crippen LogP contribution in [0.3, 0.4) is 0 Å². The molecule has 0 aromatic heterocycles. The summed E-state index contributed by atoms with van der Waals surface area (Å²) in [4.78, 5) is 0.215. The molecule has 0 heterocycles. The lowest BCUT2D eigenvalue weighted by Gasteiger charge is -2.13. The van der Waals surface area contributed by atoms with Crippen molar-refractivity contribution >= 4 is 21.4 Å². The largest absolute Gasteiger partial charge is 0.399 e. The minimum Gasteiger partial charge on any atom is -0.399 e. The highest BCUT2D eigenvalue weighted by Gasteiger charge is 2.17. The van der Waals surface area contributed by atoms with E-state index < -0.39 is 10.0 Å². The number of anilines is 2. The summed E-state index contributed by atoms with van der Waals surface area (Å²) in [5.41, 5.74) is 9.45. The molecule has 0 aliphatic rings. The SMILES string of the molecule is Cc1cc(S(=O)(=O)Nc2c(C)cccc2C)ccc1N. The Morgan fingerprint density at radius 2 is 1.55 bits per heavy atom. The van der Waals surface area contributed by atoms with Crippen molar-refractivity contribution in [2.75, 3.05) is 10.5 Å². The molecule has 20 heavy (non-hydrogen) atoms. The number of sulfonamides is 1. The molecule has 0 saturated heterocycles. The molecule has 0 unspecified atom stereocenters. The molecule has 0 atom stereocenters. The van der Waals surface area contributed by atoms with Gasteiger partial charge in [0.2, 0.25) is 0 Å². The molecule has 0 bridgehead atoms. The first kappa shape index (κ1) is 14.4. The second-order valence-electron chi connectivity index (χ2n) is 4.89. The first-order valence-electron chi connectivity index (χ1n) is 6.26. The highest BCUT2D eigenvalue weighted by atomic mass is 32.2. The summed E-state index contributed by atoms with van der Waals surface area (Å²) >= 11 is 0. The quantitative estimate of drug-likeness (QED) is 0.854. The van der Waals surface area contributed by atoms with E-state index in [1.807, 2.05) is 32.0 Å². The zero-order chi connectivity index (χ0) is 14.9. The third kappa shape index (κ3) is 2.77. The molecule has 5 heteroatoms. The van der Waals surface area contributed by atoms with Gasteiger partial charge in [-0.1, -0.05) is 18.2 Å². The Balaban J connectivity index is 2.43. The maximum absolute atomic E-state index is 12.4. The minimum atomic E-state index is -3.60. The smallest absolute Gasteiger partial charge is 0.261 e. The van der Waals surface area contributed by atoms with Gasteiger partial charge in [0.05, 0.1) is 10.6 Å². The Bertz CT molecular complexity index is 732. The summed E-state index contributed by atoms with van der Waals surface area (Å²) in [6, 6.07) is 10.3. The highest BCUT2D eigenvalue weighted by molar-refractivity contribution is 7.92. The van der Waals surface area contributed by atoms with Crippen LogP contribution < -0.4 is 10.5 Å². The van der Waals surface area contributed by atoms with Crippen LogP contribution in [0.2, 0.25) is 0 Å². The fourth-order valence-corrected chi connectivity index (χ4v) is 3.27. The lowest BCUT2D eigenvalue weighted by Crippen LogP contribution is -2.15. The van der Waals surface area contributed by atoms with Crippen LogP contribution in [0.5, 0.6) is 0 Å². The molecular formula is C15H18N2O2S. The molecule has 2 rings (SSSR count). The summed E-state index contributed by atoms with van der Waals surface area (Å²) in [6.45, 7) is 5.53. The number of hydrogen-bond acceptors (Lipinski definition) is 3. The molecule has 106 valence electrons. The van der Waals surface area contributed by atoms with E-state index >= 15 is 0 Å². The summed E-state index contributed by atoms with van der Waals surface area (Å²) < 4.78 is 27.5. The van der Waals surface area contributed by atoms with E-state index in [0.717, 1.165) is 16.7 Å². The number of rotatable bonds is 3. The Hall–Kier alpha value is -2.01. The molecule has 0 radical (unpaired) electrons. The van der Waals surface area contributed by atoms with Gasteiger partial charge in [0, 0.05) is 5.69 Å². The second kappa shape index (κ2) is 5.17. The fourth-order valence-electron chi connectivity index (χ4n) is 1.98. The Labute approximate surface area is 119 Å². The molecule has 0 amide bonds. The number of hydrogen-bond donors (Lipinski definition) is 2. The molecule has 2 aromatic carbocycles. The van der Waals surface area contributed by atoms with Crippen molar-refractivity contribution in [2.45, 2.75) is 25.7 Å². The van der Waals surface area contributed by atoms with Gasteiger partial charge in [-0.15, -0.1) is 0 Å². The third-order valence-electron chi connectivity index (χ3n) is 3.27. The number of aryl methyl sites for hydroxylation is 3. The van der Waals surface area contributed by atoms with Gasteiger partial charge in [-0.25, -0.2) is 8.42 Å². The van der Waals surface area contributed by atoms with Crippen LogP contribution in [-0.2, 0) is 10.0 Å². The van der Waals surface area contributed by atoms with Gasteiger partial charge in [-0.3, -0.25) is 4.72 Å². The first-order chi connectivity index (χ1) is 9.31. The third-order valence-corrected chi connectivity index (χ3v) is 4.62. The fraction of sp³-hybridized carbons (Fsp3) is 0.200. The van der Waals surface area contributed by atoms with Crippen LogP contribution in [0.25, 0.3) is 0 Å². The van der Waals surface area contributed by atoms with Crippen molar-refractivity contribution < 1.29 is 8.42 Å². The second-order valence-corrected chi connectivity index (χ2v) is 6.57. The monoisotopic (exact) mass is 290 g/mol.